The molecule has 0 fully saturated rings. The second-order valence-electron chi connectivity index (χ2n) is 4.39. The summed E-state index contributed by atoms with van der Waals surface area (Å²) in [5.41, 5.74) is 2.69. The van der Waals surface area contributed by atoms with Gasteiger partial charge in [0.05, 0.1) is 6.54 Å². The number of anilines is 2. The van der Waals surface area contributed by atoms with Crippen molar-refractivity contribution < 1.29 is 9.53 Å². The van der Waals surface area contributed by atoms with Crippen LogP contribution in [0.25, 0.3) is 0 Å². The van der Waals surface area contributed by atoms with Crippen molar-refractivity contribution in [1.82, 2.24) is 4.98 Å². The Morgan fingerprint density at radius 1 is 1.43 bits per heavy atom. The van der Waals surface area contributed by atoms with Gasteiger partial charge in [-0.2, -0.15) is 0 Å². The van der Waals surface area contributed by atoms with E-state index >= 15 is 0 Å². The summed E-state index contributed by atoms with van der Waals surface area (Å²) in [5, 5.41) is 6.14. The minimum absolute atomic E-state index is 0.0382. The van der Waals surface area contributed by atoms with Gasteiger partial charge < -0.3 is 15.4 Å². The molecule has 5 nitrogen and oxygen atoms in total. The summed E-state index contributed by atoms with van der Waals surface area (Å²) in [5.74, 6) is -0.174. The lowest BCUT2D eigenvalue weighted by atomic mass is 10.1. The summed E-state index contributed by atoms with van der Waals surface area (Å²) in [6, 6.07) is 5.71. The monoisotopic (exact) mass is 325 g/mol. The van der Waals surface area contributed by atoms with Crippen LogP contribution in [-0.4, -0.2) is 24.6 Å². The highest BCUT2D eigenvalue weighted by molar-refractivity contribution is 7.15. The number of thiazole rings is 1. The Kier molecular flexibility index (Phi) is 5.55. The maximum absolute atomic E-state index is 11.6. The van der Waals surface area contributed by atoms with Gasteiger partial charge in [-0.25, -0.2) is 4.98 Å². The smallest absolute Gasteiger partial charge is 0.250 e. The number of rotatable bonds is 6. The number of methoxy groups -OCH3 is 1. The molecule has 0 saturated heterocycles. The van der Waals surface area contributed by atoms with Crippen LogP contribution < -0.4 is 10.6 Å². The fourth-order valence-electron chi connectivity index (χ4n) is 1.83. The highest BCUT2D eigenvalue weighted by Crippen LogP contribution is 2.25. The van der Waals surface area contributed by atoms with Gasteiger partial charge in [-0.3, -0.25) is 4.79 Å². The van der Waals surface area contributed by atoms with E-state index in [0.29, 0.717) is 11.0 Å². The zero-order valence-electron chi connectivity index (χ0n) is 11.8. The van der Waals surface area contributed by atoms with E-state index in [1.807, 2.05) is 25.1 Å². The second-order valence-corrected chi connectivity index (χ2v) is 6.09. The average Bonchev–Trinajstić information content (AvgIpc) is 2.86. The Bertz CT molecular complexity index is 630. The van der Waals surface area contributed by atoms with E-state index in [4.69, 9.17) is 16.3 Å². The van der Waals surface area contributed by atoms with Crippen molar-refractivity contribution in [1.29, 1.82) is 0 Å². The Morgan fingerprint density at radius 3 is 2.86 bits per heavy atom. The van der Waals surface area contributed by atoms with Crippen LogP contribution in [0.2, 0.25) is 4.47 Å². The van der Waals surface area contributed by atoms with Gasteiger partial charge in [0, 0.05) is 29.6 Å². The number of amides is 1. The van der Waals surface area contributed by atoms with Crippen LogP contribution in [0.5, 0.6) is 0 Å². The number of carbonyl (C=O) groups is 1. The molecule has 2 N–H and O–H groups in total. The van der Waals surface area contributed by atoms with E-state index in [0.717, 1.165) is 21.8 Å². The van der Waals surface area contributed by atoms with Crippen molar-refractivity contribution >= 4 is 40.2 Å². The van der Waals surface area contributed by atoms with Gasteiger partial charge in [0.2, 0.25) is 5.91 Å². The van der Waals surface area contributed by atoms with Gasteiger partial charge in [0.25, 0.3) is 0 Å². The third-order valence-corrected chi connectivity index (χ3v) is 3.98. The van der Waals surface area contributed by atoms with Crippen LogP contribution in [0.1, 0.15) is 10.4 Å². The van der Waals surface area contributed by atoms with Crippen molar-refractivity contribution in [2.24, 2.45) is 0 Å². The molecule has 0 saturated carbocycles. The molecule has 0 aliphatic carbocycles. The van der Waals surface area contributed by atoms with E-state index in [-0.39, 0.29) is 12.5 Å². The molecule has 2 aromatic rings. The lowest BCUT2D eigenvalue weighted by Gasteiger charge is -2.13. The SMILES string of the molecule is COCC(=O)Nc1cccc(NCc2cnc(Cl)s2)c1C. The minimum atomic E-state index is -0.174. The fourth-order valence-corrected chi connectivity index (χ4v) is 2.75. The lowest BCUT2D eigenvalue weighted by Crippen LogP contribution is -2.18. The van der Waals surface area contributed by atoms with Crippen molar-refractivity contribution in [3.8, 4) is 0 Å². The summed E-state index contributed by atoms with van der Waals surface area (Å²) in [7, 11) is 1.49. The topological polar surface area (TPSA) is 63.2 Å². The van der Waals surface area contributed by atoms with Crippen LogP contribution in [0.4, 0.5) is 11.4 Å². The first-order valence-corrected chi connectivity index (χ1v) is 7.52. The predicted molar refractivity (Wildman–Crippen MR) is 86.1 cm³/mol. The first kappa shape index (κ1) is 15.8. The zero-order chi connectivity index (χ0) is 15.2. The number of halogens is 1. The van der Waals surface area contributed by atoms with E-state index in [2.05, 4.69) is 15.6 Å². The number of hydrogen-bond acceptors (Lipinski definition) is 5. The Labute approximate surface area is 132 Å². The molecule has 112 valence electrons. The normalized spacial score (nSPS) is 10.4. The van der Waals surface area contributed by atoms with Crippen molar-refractivity contribution in [2.45, 2.75) is 13.5 Å². The minimum Gasteiger partial charge on any atom is -0.380 e. The molecule has 0 aliphatic rings. The average molecular weight is 326 g/mol. The van der Waals surface area contributed by atoms with Crippen molar-refractivity contribution in [2.75, 3.05) is 24.4 Å². The molecular formula is C14H16ClN3O2S. The third kappa shape index (κ3) is 4.42. The van der Waals surface area contributed by atoms with Gasteiger partial charge in [-0.15, -0.1) is 11.3 Å². The molecule has 7 heteroatoms. The number of ether oxygens (including phenoxy) is 1. The summed E-state index contributed by atoms with van der Waals surface area (Å²) in [6.07, 6.45) is 1.75. The summed E-state index contributed by atoms with van der Waals surface area (Å²) >= 11 is 7.25. The van der Waals surface area contributed by atoms with Gasteiger partial charge in [0.15, 0.2) is 4.47 Å². The Hall–Kier alpha value is -1.63. The number of carbonyl (C=O) groups excluding carboxylic acids is 1. The van der Waals surface area contributed by atoms with Crippen molar-refractivity contribution in [3.05, 3.63) is 39.3 Å². The van der Waals surface area contributed by atoms with Crippen LogP contribution in [-0.2, 0) is 16.1 Å². The number of benzene rings is 1. The molecule has 0 bridgehead atoms. The molecule has 2 rings (SSSR count). The molecular weight excluding hydrogens is 310 g/mol. The lowest BCUT2D eigenvalue weighted by molar-refractivity contribution is -0.119. The molecule has 1 aromatic heterocycles. The maximum Gasteiger partial charge on any atom is 0.250 e. The van der Waals surface area contributed by atoms with E-state index in [9.17, 15) is 4.79 Å². The first-order valence-electron chi connectivity index (χ1n) is 6.32. The van der Waals surface area contributed by atoms with Gasteiger partial charge in [-0.05, 0) is 24.6 Å². The van der Waals surface area contributed by atoms with Crippen molar-refractivity contribution in [3.63, 3.8) is 0 Å². The number of hydrogen-bond donors (Lipinski definition) is 2. The number of nitrogens with zero attached hydrogens (tertiary/aromatic N) is 1. The Morgan fingerprint density at radius 2 is 2.19 bits per heavy atom. The largest absolute Gasteiger partial charge is 0.380 e. The summed E-state index contributed by atoms with van der Waals surface area (Å²) in [4.78, 5) is 16.6. The molecule has 0 radical (unpaired) electrons. The van der Waals surface area contributed by atoms with Crippen LogP contribution in [0.15, 0.2) is 24.4 Å². The number of aromatic nitrogens is 1. The molecule has 0 atom stereocenters. The highest BCUT2D eigenvalue weighted by atomic mass is 35.5. The van der Waals surface area contributed by atoms with E-state index in [1.54, 1.807) is 6.20 Å². The Balaban J connectivity index is 2.04. The fraction of sp³-hybridized carbons (Fsp3) is 0.286. The summed E-state index contributed by atoms with van der Waals surface area (Å²) < 4.78 is 5.34. The zero-order valence-corrected chi connectivity index (χ0v) is 13.3. The second kappa shape index (κ2) is 7.40. The standard InChI is InChI=1S/C14H16ClN3O2S/c1-9-11(16-6-10-7-17-14(15)21-10)4-3-5-12(9)18-13(19)8-20-2/h3-5,7,16H,6,8H2,1-2H3,(H,18,19). The molecule has 1 aromatic carbocycles. The van der Waals surface area contributed by atoms with Crippen LogP contribution in [0.3, 0.4) is 0 Å². The van der Waals surface area contributed by atoms with Gasteiger partial charge in [0.1, 0.15) is 6.61 Å². The van der Waals surface area contributed by atoms with Gasteiger partial charge in [-0.1, -0.05) is 17.7 Å². The third-order valence-electron chi connectivity index (χ3n) is 2.86. The predicted octanol–water partition coefficient (Wildman–Crippen LogP) is 3.30. The van der Waals surface area contributed by atoms with Gasteiger partial charge >= 0.3 is 0 Å². The number of nitrogens with one attached hydrogen (secondary N) is 2. The quantitative estimate of drug-likeness (QED) is 0.855. The maximum atomic E-state index is 11.6. The molecule has 1 heterocycles. The first-order chi connectivity index (χ1) is 10.1. The molecule has 0 aliphatic heterocycles. The van der Waals surface area contributed by atoms with Crippen LogP contribution in [0, 0.1) is 6.92 Å². The van der Waals surface area contributed by atoms with E-state index < -0.39 is 0 Å². The molecule has 0 unspecified atom stereocenters. The van der Waals surface area contributed by atoms with Crippen LogP contribution >= 0.6 is 22.9 Å². The molecule has 0 spiro atoms. The highest BCUT2D eigenvalue weighted by Gasteiger charge is 2.08. The summed E-state index contributed by atoms with van der Waals surface area (Å²) in [6.45, 7) is 2.63. The molecule has 21 heavy (non-hydrogen) atoms. The van der Waals surface area contributed by atoms with E-state index in [1.165, 1.54) is 18.4 Å². The molecule has 1 amide bonds.